The second-order valence-corrected chi connectivity index (χ2v) is 6.83. The molecule has 0 spiro atoms. The predicted molar refractivity (Wildman–Crippen MR) is 108 cm³/mol. The van der Waals surface area contributed by atoms with Crippen molar-refractivity contribution < 1.29 is 4.79 Å². The maximum Gasteiger partial charge on any atom is 0.251 e. The van der Waals surface area contributed by atoms with Gasteiger partial charge in [0.2, 0.25) is 0 Å². The van der Waals surface area contributed by atoms with Crippen molar-refractivity contribution >= 4 is 5.91 Å². The van der Waals surface area contributed by atoms with Crippen molar-refractivity contribution in [1.29, 1.82) is 5.26 Å². The number of amides is 1. The molecule has 0 fully saturated rings. The Morgan fingerprint density at radius 3 is 2.79 bits per heavy atom. The number of rotatable bonds is 5. The fourth-order valence-corrected chi connectivity index (χ4v) is 3.59. The number of benzene rings is 2. The monoisotopic (exact) mass is 385 g/mol. The molecule has 0 unspecified atom stereocenters. The molecule has 2 heterocycles. The Morgan fingerprint density at radius 1 is 1.14 bits per heavy atom. The minimum absolute atomic E-state index is 0.188. The van der Waals surface area contributed by atoms with Gasteiger partial charge in [0.25, 0.3) is 11.5 Å². The van der Waals surface area contributed by atoms with Crippen LogP contribution >= 0.6 is 0 Å². The molecule has 1 aromatic heterocycles. The molecule has 1 aliphatic rings. The van der Waals surface area contributed by atoms with Gasteiger partial charge in [0.15, 0.2) is 6.19 Å². The first-order valence-electron chi connectivity index (χ1n) is 9.33. The van der Waals surface area contributed by atoms with Gasteiger partial charge in [-0.1, -0.05) is 36.4 Å². The van der Waals surface area contributed by atoms with Gasteiger partial charge in [0.1, 0.15) is 5.82 Å². The molecule has 3 aromatic rings. The van der Waals surface area contributed by atoms with Gasteiger partial charge in [0, 0.05) is 30.8 Å². The maximum absolute atomic E-state index is 12.9. The third-order valence-electron chi connectivity index (χ3n) is 4.96. The molecule has 29 heavy (non-hydrogen) atoms. The van der Waals surface area contributed by atoms with Crippen LogP contribution in [0.4, 0.5) is 0 Å². The van der Waals surface area contributed by atoms with E-state index in [1.54, 1.807) is 11.0 Å². The maximum atomic E-state index is 12.9. The Balaban J connectivity index is 1.55. The van der Waals surface area contributed by atoms with Crippen LogP contribution in [0.25, 0.3) is 11.1 Å². The highest BCUT2D eigenvalue weighted by molar-refractivity contribution is 6.01. The van der Waals surface area contributed by atoms with Gasteiger partial charge in [-0.25, -0.2) is 4.98 Å². The third kappa shape index (κ3) is 3.87. The van der Waals surface area contributed by atoms with Crippen molar-refractivity contribution in [3.63, 3.8) is 0 Å². The number of nitrogens with zero attached hydrogens (tertiary/aromatic N) is 3. The summed E-state index contributed by atoms with van der Waals surface area (Å²) in [7, 11) is 0. The summed E-state index contributed by atoms with van der Waals surface area (Å²) >= 11 is 0. The molecule has 1 aliphatic heterocycles. The molecule has 7 heteroatoms. The summed E-state index contributed by atoms with van der Waals surface area (Å²) in [4.78, 5) is 32.6. The van der Waals surface area contributed by atoms with Gasteiger partial charge < -0.3 is 15.2 Å². The lowest BCUT2D eigenvalue weighted by atomic mass is 9.93. The number of fused-ring (bicyclic) bond motifs is 1. The van der Waals surface area contributed by atoms with Crippen LogP contribution in [0.5, 0.6) is 0 Å². The van der Waals surface area contributed by atoms with Crippen LogP contribution < -0.4 is 10.9 Å². The number of aromatic amines is 1. The number of hydrogen-bond acceptors (Lipinski definition) is 5. The molecule has 144 valence electrons. The van der Waals surface area contributed by atoms with Crippen molar-refractivity contribution in [2.24, 2.45) is 0 Å². The van der Waals surface area contributed by atoms with E-state index in [1.165, 1.54) is 12.3 Å². The lowest BCUT2D eigenvalue weighted by Crippen LogP contribution is -2.27. The summed E-state index contributed by atoms with van der Waals surface area (Å²) in [5.74, 6) is 0.343. The zero-order valence-electron chi connectivity index (χ0n) is 15.7. The molecule has 4 rings (SSSR count). The Morgan fingerprint density at radius 2 is 1.97 bits per heavy atom. The highest BCUT2D eigenvalue weighted by Crippen LogP contribution is 2.34. The van der Waals surface area contributed by atoms with Gasteiger partial charge in [0.05, 0.1) is 13.1 Å². The molecule has 0 radical (unpaired) electrons. The second-order valence-electron chi connectivity index (χ2n) is 6.83. The minimum Gasteiger partial charge on any atom is -0.352 e. The fourth-order valence-electron chi connectivity index (χ4n) is 3.59. The molecule has 0 saturated heterocycles. The summed E-state index contributed by atoms with van der Waals surface area (Å²) in [6.07, 6.45) is 4.08. The third-order valence-corrected chi connectivity index (χ3v) is 4.96. The van der Waals surface area contributed by atoms with E-state index in [0.717, 1.165) is 22.3 Å². The lowest BCUT2D eigenvalue weighted by molar-refractivity contribution is 0.0954. The quantitative estimate of drug-likeness (QED) is 0.656. The van der Waals surface area contributed by atoms with Crippen molar-refractivity contribution in [1.82, 2.24) is 20.2 Å². The topological polar surface area (TPSA) is 102 Å². The number of carbonyl (C=O) groups is 1. The first-order valence-corrected chi connectivity index (χ1v) is 9.33. The smallest absolute Gasteiger partial charge is 0.251 e. The second kappa shape index (κ2) is 7.98. The number of aromatic nitrogens is 2. The zero-order chi connectivity index (χ0) is 20.2. The van der Waals surface area contributed by atoms with Gasteiger partial charge in [-0.2, -0.15) is 5.26 Å². The summed E-state index contributed by atoms with van der Waals surface area (Å²) in [5.41, 5.74) is 4.37. The van der Waals surface area contributed by atoms with Crippen molar-refractivity contribution in [2.45, 2.75) is 19.5 Å². The Kier molecular flexibility index (Phi) is 5.08. The van der Waals surface area contributed by atoms with Gasteiger partial charge in [-0.3, -0.25) is 9.59 Å². The van der Waals surface area contributed by atoms with E-state index >= 15 is 0 Å². The average Bonchev–Trinajstić information content (AvgIpc) is 3.17. The van der Waals surface area contributed by atoms with E-state index < -0.39 is 0 Å². The van der Waals surface area contributed by atoms with Crippen LogP contribution in [0.15, 0.2) is 59.5 Å². The molecule has 2 N–H and O–H groups in total. The highest BCUT2D eigenvalue weighted by Gasteiger charge is 2.23. The van der Waals surface area contributed by atoms with Crippen molar-refractivity contribution in [2.75, 3.05) is 6.54 Å². The Labute approximate surface area is 167 Å². The molecular formula is C22H19N5O2. The van der Waals surface area contributed by atoms with Crippen molar-refractivity contribution in [3.8, 4) is 17.3 Å². The van der Waals surface area contributed by atoms with Gasteiger partial charge in [-0.15, -0.1) is 0 Å². The van der Waals surface area contributed by atoms with E-state index in [0.29, 0.717) is 37.4 Å². The van der Waals surface area contributed by atoms with Gasteiger partial charge >= 0.3 is 0 Å². The average molecular weight is 385 g/mol. The Hall–Kier alpha value is -3.92. The first-order chi connectivity index (χ1) is 14.2. The number of nitrogens with one attached hydrogen (secondary N) is 2. The normalized spacial score (nSPS) is 12.3. The van der Waals surface area contributed by atoms with E-state index in [4.69, 9.17) is 0 Å². The van der Waals surface area contributed by atoms with E-state index in [1.807, 2.05) is 36.4 Å². The SMILES string of the molecule is N#CN1Cc2cccc(-c3ccccc3C(=O)NCCc3nccc(=O)[nH]3)c2C1. The molecule has 7 nitrogen and oxygen atoms in total. The van der Waals surface area contributed by atoms with E-state index in [-0.39, 0.29) is 11.5 Å². The lowest BCUT2D eigenvalue weighted by Gasteiger charge is -2.13. The summed E-state index contributed by atoms with van der Waals surface area (Å²) in [6, 6.07) is 14.8. The van der Waals surface area contributed by atoms with Crippen LogP contribution in [0, 0.1) is 11.5 Å². The number of H-pyrrole nitrogens is 1. The highest BCUT2D eigenvalue weighted by atomic mass is 16.1. The predicted octanol–water partition coefficient (Wildman–Crippen LogP) is 2.21. The zero-order valence-corrected chi connectivity index (χ0v) is 15.7. The van der Waals surface area contributed by atoms with Crippen LogP contribution in [0.1, 0.15) is 27.3 Å². The minimum atomic E-state index is -0.212. The van der Waals surface area contributed by atoms with Crippen LogP contribution in [-0.4, -0.2) is 27.3 Å². The molecular weight excluding hydrogens is 366 g/mol. The summed E-state index contributed by atoms with van der Waals surface area (Å²) in [6.45, 7) is 1.50. The van der Waals surface area contributed by atoms with Crippen molar-refractivity contribution in [3.05, 3.63) is 87.6 Å². The molecule has 1 amide bonds. The fraction of sp³-hybridized carbons (Fsp3) is 0.182. The Bertz CT molecular complexity index is 1160. The summed E-state index contributed by atoms with van der Waals surface area (Å²) < 4.78 is 0. The van der Waals surface area contributed by atoms with Gasteiger partial charge in [-0.05, 0) is 28.3 Å². The molecule has 0 atom stereocenters. The van der Waals surface area contributed by atoms with Crippen LogP contribution in [-0.2, 0) is 19.5 Å². The first kappa shape index (κ1) is 18.4. The number of nitriles is 1. The number of carbonyl (C=O) groups excluding carboxylic acids is 1. The molecule has 2 aromatic carbocycles. The standard InChI is InChI=1S/C22H19N5O2/c23-14-27-12-15-4-3-7-17(19(15)13-27)16-5-1-2-6-18(16)22(29)25-10-8-20-24-11-9-21(28)26-20/h1-7,9,11H,8,10,12-13H2,(H,25,29)(H,24,26,28). The van der Waals surface area contributed by atoms with Crippen LogP contribution in [0.3, 0.4) is 0 Å². The summed E-state index contributed by atoms with van der Waals surface area (Å²) in [5, 5.41) is 12.1. The largest absolute Gasteiger partial charge is 0.352 e. The van der Waals surface area contributed by atoms with Crippen LogP contribution in [0.2, 0.25) is 0 Å². The van der Waals surface area contributed by atoms with E-state index in [9.17, 15) is 14.9 Å². The number of hydrogen-bond donors (Lipinski definition) is 2. The molecule has 0 saturated carbocycles. The molecule has 0 bridgehead atoms. The van der Waals surface area contributed by atoms with E-state index in [2.05, 4.69) is 21.5 Å². The molecule has 0 aliphatic carbocycles.